The molecule has 0 spiro atoms. The van der Waals surface area contributed by atoms with E-state index in [1.54, 1.807) is 24.3 Å². The Hall–Kier alpha value is -2.04. The van der Waals surface area contributed by atoms with E-state index in [0.717, 1.165) is 9.79 Å². The molecule has 0 bridgehead atoms. The van der Waals surface area contributed by atoms with Crippen molar-refractivity contribution in [3.05, 3.63) is 59.7 Å². The van der Waals surface area contributed by atoms with Crippen molar-refractivity contribution in [2.24, 2.45) is 0 Å². The van der Waals surface area contributed by atoms with Crippen molar-refractivity contribution in [2.75, 3.05) is 6.61 Å². The normalized spacial score (nSPS) is 24.5. The van der Waals surface area contributed by atoms with Gasteiger partial charge in [-0.25, -0.2) is 0 Å². The summed E-state index contributed by atoms with van der Waals surface area (Å²) < 4.78 is 5.33. The summed E-state index contributed by atoms with van der Waals surface area (Å²) in [6.45, 7) is -0.0682. The lowest BCUT2D eigenvalue weighted by molar-refractivity contribution is -0.181. The summed E-state index contributed by atoms with van der Waals surface area (Å²) in [6.07, 6.45) is -4.39. The third kappa shape index (κ3) is 4.86. The molecule has 1 saturated heterocycles. The number of hydrogen-bond acceptors (Lipinski definition) is 8. The van der Waals surface area contributed by atoms with E-state index >= 15 is 0 Å². The minimum Gasteiger partial charge on any atom is -0.388 e. The first kappa shape index (κ1) is 20.7. The van der Waals surface area contributed by atoms with Crippen molar-refractivity contribution in [1.29, 1.82) is 10.5 Å². The number of rotatable bonds is 5. The molecule has 1 aliphatic rings. The number of aliphatic hydroxyl groups is 3. The summed E-state index contributed by atoms with van der Waals surface area (Å²) in [5.74, 6) is 0. The van der Waals surface area contributed by atoms with Crippen molar-refractivity contribution in [2.45, 2.75) is 38.8 Å². The first-order valence-corrected chi connectivity index (χ1v) is 10.3. The fourth-order valence-corrected chi connectivity index (χ4v) is 5.44. The van der Waals surface area contributed by atoms with Gasteiger partial charge in [0.15, 0.2) is 0 Å². The quantitative estimate of drug-likeness (QED) is 0.503. The van der Waals surface area contributed by atoms with E-state index in [4.69, 9.17) is 15.3 Å². The van der Waals surface area contributed by atoms with Crippen LogP contribution in [-0.2, 0) is 4.74 Å². The van der Waals surface area contributed by atoms with Gasteiger partial charge in [0.05, 0.1) is 34.5 Å². The standard InChI is InChI=1S/C20H18N2O4S2/c21-9-12-1-5-14(6-2-12)27-20(19-18(25)17(24)16(23)11-26-19)28-15-7-3-13(10-22)4-8-15/h1-8,16-20,23-25H,11H2/t16-,17-,18+,19+/m1/s1. The topological polar surface area (TPSA) is 118 Å². The lowest BCUT2D eigenvalue weighted by atomic mass is 10.0. The summed E-state index contributed by atoms with van der Waals surface area (Å²) in [6, 6.07) is 18.3. The summed E-state index contributed by atoms with van der Waals surface area (Å²) in [7, 11) is 0. The maximum atomic E-state index is 10.5. The van der Waals surface area contributed by atoms with Crippen LogP contribution in [-0.4, -0.2) is 50.9 Å². The molecule has 0 radical (unpaired) electrons. The number of aliphatic hydroxyl groups excluding tert-OH is 3. The zero-order valence-corrected chi connectivity index (χ0v) is 16.3. The molecule has 2 aromatic carbocycles. The molecule has 28 heavy (non-hydrogen) atoms. The molecular weight excluding hydrogens is 396 g/mol. The Bertz CT molecular complexity index is 818. The Balaban J connectivity index is 1.83. The number of hydrogen-bond donors (Lipinski definition) is 3. The molecular formula is C20H18N2O4S2. The molecule has 1 fully saturated rings. The van der Waals surface area contributed by atoms with Crippen molar-refractivity contribution in [1.82, 2.24) is 0 Å². The molecule has 3 N–H and O–H groups in total. The van der Waals surface area contributed by atoms with Crippen LogP contribution in [0, 0.1) is 22.7 Å². The van der Waals surface area contributed by atoms with E-state index in [-0.39, 0.29) is 11.2 Å². The Kier molecular flexibility index (Phi) is 6.97. The number of nitriles is 2. The van der Waals surface area contributed by atoms with Gasteiger partial charge >= 0.3 is 0 Å². The highest BCUT2D eigenvalue weighted by Gasteiger charge is 2.42. The van der Waals surface area contributed by atoms with E-state index in [2.05, 4.69) is 12.1 Å². The SMILES string of the molecule is N#Cc1ccc(SC(Sc2ccc(C#N)cc2)[C@H]2OC[C@@H](O)[C@@H](O)[C@@H]2O)cc1. The van der Waals surface area contributed by atoms with Gasteiger partial charge < -0.3 is 20.1 Å². The van der Waals surface area contributed by atoms with Crippen LogP contribution in [0.5, 0.6) is 0 Å². The third-order valence-corrected chi connectivity index (χ3v) is 6.95. The zero-order valence-electron chi connectivity index (χ0n) is 14.7. The van der Waals surface area contributed by atoms with Gasteiger partial charge in [0.25, 0.3) is 0 Å². The summed E-state index contributed by atoms with van der Waals surface area (Å²) in [4.78, 5) is 1.75. The van der Waals surface area contributed by atoms with Crippen molar-refractivity contribution >= 4 is 23.5 Å². The van der Waals surface area contributed by atoms with Crippen LogP contribution in [0.15, 0.2) is 58.3 Å². The van der Waals surface area contributed by atoms with Crippen LogP contribution in [0.3, 0.4) is 0 Å². The van der Waals surface area contributed by atoms with Gasteiger partial charge in [-0.15, -0.1) is 23.5 Å². The first-order valence-electron chi connectivity index (χ1n) is 8.51. The van der Waals surface area contributed by atoms with Gasteiger partial charge in [0.1, 0.15) is 24.4 Å². The monoisotopic (exact) mass is 414 g/mol. The highest BCUT2D eigenvalue weighted by atomic mass is 32.2. The van der Waals surface area contributed by atoms with Crippen LogP contribution in [0.25, 0.3) is 0 Å². The molecule has 0 unspecified atom stereocenters. The second-order valence-corrected chi connectivity index (χ2v) is 8.95. The van der Waals surface area contributed by atoms with Gasteiger partial charge in [0.2, 0.25) is 0 Å². The number of nitrogens with zero attached hydrogens (tertiary/aromatic N) is 2. The predicted molar refractivity (Wildman–Crippen MR) is 106 cm³/mol. The second kappa shape index (κ2) is 9.44. The maximum absolute atomic E-state index is 10.5. The largest absolute Gasteiger partial charge is 0.388 e. The van der Waals surface area contributed by atoms with E-state index < -0.39 is 24.4 Å². The highest BCUT2D eigenvalue weighted by Crippen LogP contribution is 2.41. The minimum absolute atomic E-state index is 0.0682. The average molecular weight is 415 g/mol. The molecule has 0 aromatic heterocycles. The number of benzene rings is 2. The molecule has 8 heteroatoms. The fraction of sp³-hybridized carbons (Fsp3) is 0.300. The van der Waals surface area contributed by atoms with Gasteiger partial charge in [-0.2, -0.15) is 10.5 Å². The molecule has 6 nitrogen and oxygen atoms in total. The molecule has 0 amide bonds. The van der Waals surface area contributed by atoms with Gasteiger partial charge in [0, 0.05) is 9.79 Å². The van der Waals surface area contributed by atoms with Gasteiger partial charge in [-0.3, -0.25) is 0 Å². The fourth-order valence-electron chi connectivity index (χ4n) is 2.71. The molecule has 144 valence electrons. The Labute approximate surface area is 171 Å². The molecule has 0 aliphatic carbocycles. The van der Waals surface area contributed by atoms with Crippen LogP contribution in [0.4, 0.5) is 0 Å². The van der Waals surface area contributed by atoms with Crippen LogP contribution in [0.2, 0.25) is 0 Å². The zero-order chi connectivity index (χ0) is 20.1. The molecule has 1 aliphatic heterocycles. The van der Waals surface area contributed by atoms with Crippen molar-refractivity contribution in [3.63, 3.8) is 0 Å². The van der Waals surface area contributed by atoms with Crippen LogP contribution in [0.1, 0.15) is 11.1 Å². The summed E-state index contributed by atoms with van der Waals surface area (Å²) in [5.41, 5.74) is 1.10. The Morgan fingerprint density at radius 3 is 1.71 bits per heavy atom. The predicted octanol–water partition coefficient (Wildman–Crippen LogP) is 2.12. The average Bonchev–Trinajstić information content (AvgIpc) is 2.73. The van der Waals surface area contributed by atoms with E-state index in [9.17, 15) is 15.3 Å². The second-order valence-electron chi connectivity index (χ2n) is 6.22. The van der Waals surface area contributed by atoms with Crippen LogP contribution < -0.4 is 0 Å². The van der Waals surface area contributed by atoms with Crippen molar-refractivity contribution in [3.8, 4) is 12.1 Å². The smallest absolute Gasteiger partial charge is 0.111 e. The summed E-state index contributed by atoms with van der Waals surface area (Å²) >= 11 is 2.87. The van der Waals surface area contributed by atoms with E-state index in [1.165, 1.54) is 23.5 Å². The Morgan fingerprint density at radius 2 is 1.29 bits per heavy atom. The summed E-state index contributed by atoms with van der Waals surface area (Å²) in [5, 5.41) is 48.2. The van der Waals surface area contributed by atoms with Gasteiger partial charge in [-0.05, 0) is 48.5 Å². The molecule has 1 heterocycles. The number of thioether (sulfide) groups is 2. The first-order chi connectivity index (χ1) is 13.5. The molecule has 0 saturated carbocycles. The maximum Gasteiger partial charge on any atom is 0.111 e. The lowest BCUT2D eigenvalue weighted by Gasteiger charge is -2.38. The third-order valence-electron chi connectivity index (χ3n) is 4.28. The highest BCUT2D eigenvalue weighted by molar-refractivity contribution is 8.17. The van der Waals surface area contributed by atoms with E-state index in [0.29, 0.717) is 11.1 Å². The van der Waals surface area contributed by atoms with E-state index in [1.807, 2.05) is 24.3 Å². The molecule has 3 rings (SSSR count). The lowest BCUT2D eigenvalue weighted by Crippen LogP contribution is -2.55. The number of ether oxygens (including phenoxy) is 1. The van der Waals surface area contributed by atoms with Crippen LogP contribution >= 0.6 is 23.5 Å². The molecule has 4 atom stereocenters. The molecule has 2 aromatic rings. The minimum atomic E-state index is -1.29. The Morgan fingerprint density at radius 1 is 0.821 bits per heavy atom. The van der Waals surface area contributed by atoms with Crippen molar-refractivity contribution < 1.29 is 20.1 Å². The van der Waals surface area contributed by atoms with Gasteiger partial charge in [-0.1, -0.05) is 0 Å².